The van der Waals surface area contributed by atoms with Gasteiger partial charge in [-0.2, -0.15) is 0 Å². The largest absolute Gasteiger partial charge is 0.481 e. The summed E-state index contributed by atoms with van der Waals surface area (Å²) < 4.78 is 30.4. The van der Waals surface area contributed by atoms with E-state index in [0.29, 0.717) is 53.8 Å². The third-order valence-corrected chi connectivity index (χ3v) is 11.0. The summed E-state index contributed by atoms with van der Waals surface area (Å²) in [7, 11) is -0.917. The van der Waals surface area contributed by atoms with Crippen molar-refractivity contribution in [2.75, 3.05) is 18.2 Å². The molecule has 212 valence electrons. The van der Waals surface area contributed by atoms with E-state index >= 15 is 0 Å². The first-order valence-corrected chi connectivity index (χ1v) is 15.9. The lowest BCUT2D eigenvalue weighted by molar-refractivity contribution is -0.137. The molecule has 8 heteroatoms. The van der Waals surface area contributed by atoms with E-state index in [9.17, 15) is 23.3 Å². The highest BCUT2D eigenvalue weighted by molar-refractivity contribution is 7.84. The van der Waals surface area contributed by atoms with Crippen molar-refractivity contribution >= 4 is 22.7 Å². The number of aliphatic hydroxyl groups excluding tert-OH is 1. The van der Waals surface area contributed by atoms with Gasteiger partial charge in [-0.3, -0.25) is 18.2 Å². The number of aliphatic hydroxyl groups is 1. The zero-order valence-electron chi connectivity index (χ0n) is 22.5. The molecule has 4 rings (SSSR count). The number of aliphatic carboxylic acids is 1. The first kappa shape index (κ1) is 29.2. The van der Waals surface area contributed by atoms with Crippen molar-refractivity contribution in [2.45, 2.75) is 96.0 Å². The van der Waals surface area contributed by atoms with Crippen LogP contribution < -0.4 is 4.74 Å². The van der Waals surface area contributed by atoms with Crippen molar-refractivity contribution in [1.29, 1.82) is 0 Å². The first-order valence-electron chi connectivity index (χ1n) is 14.4. The van der Waals surface area contributed by atoms with Gasteiger partial charge in [-0.25, -0.2) is 0 Å². The molecule has 0 bridgehead atoms. The van der Waals surface area contributed by atoms with Gasteiger partial charge in [0.2, 0.25) is 0 Å². The number of hydrogen-bond acceptors (Lipinski definition) is 5. The second-order valence-corrected chi connectivity index (χ2v) is 13.6. The van der Waals surface area contributed by atoms with E-state index in [1.165, 1.54) is 11.1 Å². The number of hydrogen-bond donors (Lipinski definition) is 2. The van der Waals surface area contributed by atoms with Crippen LogP contribution in [0.3, 0.4) is 0 Å². The van der Waals surface area contributed by atoms with E-state index in [0.717, 1.165) is 44.9 Å². The van der Waals surface area contributed by atoms with Gasteiger partial charge < -0.3 is 14.9 Å². The van der Waals surface area contributed by atoms with Crippen LogP contribution in [0.25, 0.3) is 0 Å². The molecular weight excluding hydrogens is 507 g/mol. The van der Waals surface area contributed by atoms with Gasteiger partial charge in [-0.05, 0) is 117 Å². The summed E-state index contributed by atoms with van der Waals surface area (Å²) >= 11 is 0. The molecule has 2 saturated carbocycles. The zero-order chi connectivity index (χ0) is 27.3. The second kappa shape index (κ2) is 13.0. The highest BCUT2D eigenvalue weighted by atomic mass is 32.2. The van der Waals surface area contributed by atoms with E-state index in [1.807, 2.05) is 12.1 Å². The van der Waals surface area contributed by atoms with Crippen LogP contribution in [0.15, 0.2) is 18.2 Å². The molecule has 3 aliphatic rings. The SMILES string of the molecule is C[C@]12CC[C@@H]3c4ccc(OC(=O)CCCC(=O)O)cc4C[C@@H](CCCS(=O)CCCCF)[C@H]3[C@@H]1CC[C@@H]2O. The number of carboxylic acids is 1. The molecule has 0 heterocycles. The van der Waals surface area contributed by atoms with Crippen LogP contribution in [-0.2, 0) is 26.8 Å². The summed E-state index contributed by atoms with van der Waals surface area (Å²) in [5, 5.41) is 19.7. The normalized spacial score (nSPS) is 30.7. The molecular formula is C30H43FO6S. The molecule has 3 aliphatic carbocycles. The number of fused-ring (bicyclic) bond motifs is 5. The minimum absolute atomic E-state index is 0.0441. The predicted octanol–water partition coefficient (Wildman–Crippen LogP) is 5.57. The van der Waals surface area contributed by atoms with Crippen molar-refractivity contribution < 1.29 is 33.1 Å². The first-order chi connectivity index (χ1) is 18.2. The number of unbranched alkanes of at least 4 members (excludes halogenated alkanes) is 1. The maximum Gasteiger partial charge on any atom is 0.311 e. The van der Waals surface area contributed by atoms with E-state index in [2.05, 4.69) is 13.0 Å². The number of esters is 1. The lowest BCUT2D eigenvalue weighted by Crippen LogP contribution is -2.47. The Labute approximate surface area is 228 Å². The number of halogens is 1. The predicted molar refractivity (Wildman–Crippen MR) is 145 cm³/mol. The highest BCUT2D eigenvalue weighted by Gasteiger charge is 2.56. The average molecular weight is 551 g/mol. The molecule has 6 nitrogen and oxygen atoms in total. The monoisotopic (exact) mass is 550 g/mol. The second-order valence-electron chi connectivity index (χ2n) is 11.9. The number of carbonyl (C=O) groups excluding carboxylic acids is 1. The van der Waals surface area contributed by atoms with Crippen LogP contribution in [0.4, 0.5) is 4.39 Å². The molecule has 1 aromatic rings. The number of carbonyl (C=O) groups is 2. The van der Waals surface area contributed by atoms with Crippen LogP contribution in [-0.4, -0.2) is 50.6 Å². The summed E-state index contributed by atoms with van der Waals surface area (Å²) in [6, 6.07) is 5.96. The molecule has 0 radical (unpaired) electrons. The fourth-order valence-corrected chi connectivity index (χ4v) is 8.84. The van der Waals surface area contributed by atoms with Crippen molar-refractivity contribution in [3.8, 4) is 5.75 Å². The van der Waals surface area contributed by atoms with Crippen LogP contribution in [0, 0.1) is 23.2 Å². The molecule has 0 amide bonds. The Balaban J connectivity index is 1.48. The third-order valence-electron chi connectivity index (χ3n) is 9.53. The summed E-state index contributed by atoms with van der Waals surface area (Å²) in [6.07, 6.45) is 7.82. The van der Waals surface area contributed by atoms with Crippen molar-refractivity contribution in [1.82, 2.24) is 0 Å². The van der Waals surface area contributed by atoms with E-state index in [-0.39, 0.29) is 37.5 Å². The molecule has 38 heavy (non-hydrogen) atoms. The van der Waals surface area contributed by atoms with E-state index in [4.69, 9.17) is 9.84 Å². The van der Waals surface area contributed by atoms with Gasteiger partial charge >= 0.3 is 11.9 Å². The van der Waals surface area contributed by atoms with Gasteiger partial charge in [0.05, 0.1) is 12.8 Å². The quantitative estimate of drug-likeness (QED) is 0.189. The standard InChI is InChI=1S/C30H43FO6S/c1-30-14-13-24-23-10-9-22(37-28(35)8-4-7-27(33)34)19-21(23)18-20(29(24)25(30)11-12-26(30)32)6-5-17-38(36)16-3-2-15-31/h9-10,19-20,24-26,29,32H,2-8,11-18H2,1H3,(H,33,34)/t20-,24-,25+,26+,29-,30+,38?/m1/s1. The smallest absolute Gasteiger partial charge is 0.311 e. The number of alkyl halides is 1. The van der Waals surface area contributed by atoms with Crippen molar-refractivity contribution in [3.05, 3.63) is 29.3 Å². The van der Waals surface area contributed by atoms with Gasteiger partial charge in [0, 0.05) is 35.1 Å². The third kappa shape index (κ3) is 6.67. The van der Waals surface area contributed by atoms with E-state index in [1.54, 1.807) is 0 Å². The Hall–Kier alpha value is -1.80. The Bertz CT molecular complexity index is 1010. The fraction of sp³-hybridized carbons (Fsp3) is 0.733. The molecule has 0 spiro atoms. The van der Waals surface area contributed by atoms with E-state index < -0.39 is 22.7 Å². The number of ether oxygens (including phenoxy) is 1. The zero-order valence-corrected chi connectivity index (χ0v) is 23.4. The van der Waals surface area contributed by atoms with Gasteiger partial charge in [0.1, 0.15) is 5.75 Å². The lowest BCUT2D eigenvalue weighted by Gasteiger charge is -2.53. The van der Waals surface area contributed by atoms with Gasteiger partial charge in [-0.15, -0.1) is 0 Å². The van der Waals surface area contributed by atoms with Gasteiger partial charge in [0.15, 0.2) is 0 Å². The maximum atomic E-state index is 12.5. The molecule has 0 aromatic heterocycles. The number of rotatable bonds is 13. The Morgan fingerprint density at radius 1 is 1.11 bits per heavy atom. The van der Waals surface area contributed by atoms with Crippen LogP contribution in [0.2, 0.25) is 0 Å². The minimum Gasteiger partial charge on any atom is -0.481 e. The summed E-state index contributed by atoms with van der Waals surface area (Å²) in [5.74, 6) is 2.14. The highest BCUT2D eigenvalue weighted by Crippen LogP contribution is 2.62. The maximum absolute atomic E-state index is 12.5. The minimum atomic E-state index is -0.922. The molecule has 2 N–H and O–H groups in total. The lowest BCUT2D eigenvalue weighted by atomic mass is 9.52. The molecule has 7 atom stereocenters. The van der Waals surface area contributed by atoms with Crippen molar-refractivity contribution in [3.63, 3.8) is 0 Å². The Morgan fingerprint density at radius 3 is 2.66 bits per heavy atom. The van der Waals surface area contributed by atoms with Crippen molar-refractivity contribution in [2.24, 2.45) is 23.2 Å². The van der Waals surface area contributed by atoms with Crippen LogP contribution >= 0.6 is 0 Å². The Morgan fingerprint density at radius 2 is 1.89 bits per heavy atom. The molecule has 0 saturated heterocycles. The van der Waals surface area contributed by atoms with Gasteiger partial charge in [0.25, 0.3) is 0 Å². The van der Waals surface area contributed by atoms with Crippen LogP contribution in [0.1, 0.15) is 94.6 Å². The summed E-state index contributed by atoms with van der Waals surface area (Å²) in [5.41, 5.74) is 2.49. The number of benzene rings is 1. The summed E-state index contributed by atoms with van der Waals surface area (Å²) in [6.45, 7) is 1.92. The molecule has 1 unspecified atom stereocenters. The molecule has 0 aliphatic heterocycles. The van der Waals surface area contributed by atoms with Gasteiger partial charge in [-0.1, -0.05) is 13.0 Å². The molecule has 2 fully saturated rings. The topological polar surface area (TPSA) is 101 Å². The number of carboxylic acid groups (broad SMARTS) is 1. The average Bonchev–Trinajstić information content (AvgIpc) is 3.18. The summed E-state index contributed by atoms with van der Waals surface area (Å²) in [4.78, 5) is 23.0. The fourth-order valence-electron chi connectivity index (χ4n) is 7.62. The Kier molecular flexibility index (Phi) is 10.0. The molecule has 1 aromatic carbocycles. The van der Waals surface area contributed by atoms with Crippen LogP contribution in [0.5, 0.6) is 5.75 Å².